The third-order valence-electron chi connectivity index (χ3n) is 2.74. The number of benzene rings is 2. The maximum Gasteiger partial charge on any atom is 0.273 e. The molecule has 0 spiro atoms. The highest BCUT2D eigenvalue weighted by molar-refractivity contribution is 6.31. The summed E-state index contributed by atoms with van der Waals surface area (Å²) in [5, 5.41) is 13.3. The van der Waals surface area contributed by atoms with Crippen molar-refractivity contribution in [3.8, 4) is 0 Å². The largest absolute Gasteiger partial charge is 0.326 e. The lowest BCUT2D eigenvalue weighted by atomic mass is 10.1. The van der Waals surface area contributed by atoms with Crippen LogP contribution in [0.5, 0.6) is 0 Å². The summed E-state index contributed by atoms with van der Waals surface area (Å²) in [5.41, 5.74) is 0.503. The highest BCUT2D eigenvalue weighted by Gasteiger charge is 2.15. The van der Waals surface area contributed by atoms with Gasteiger partial charge in [-0.05, 0) is 18.2 Å². The summed E-state index contributed by atoms with van der Waals surface area (Å²) < 4.78 is 13.0. The van der Waals surface area contributed by atoms with E-state index in [1.54, 1.807) is 6.07 Å². The highest BCUT2D eigenvalue weighted by atomic mass is 35.5. The Morgan fingerprint density at radius 3 is 2.67 bits per heavy atom. The number of carbonyl (C=O) groups excluding carboxylic acids is 1. The predicted molar refractivity (Wildman–Crippen MR) is 76.8 cm³/mol. The lowest BCUT2D eigenvalue weighted by Crippen LogP contribution is -2.15. The third-order valence-corrected chi connectivity index (χ3v) is 3.03. The molecule has 0 aliphatic heterocycles. The van der Waals surface area contributed by atoms with Gasteiger partial charge in [0.2, 0.25) is 5.91 Å². The van der Waals surface area contributed by atoms with Crippen molar-refractivity contribution in [2.24, 2.45) is 0 Å². The number of hydrogen-bond acceptors (Lipinski definition) is 3. The predicted octanol–water partition coefficient (Wildman–Crippen LogP) is 3.57. The van der Waals surface area contributed by atoms with Crippen LogP contribution in [0.15, 0.2) is 42.5 Å². The van der Waals surface area contributed by atoms with E-state index in [4.69, 9.17) is 11.6 Å². The number of nitrogens with one attached hydrogen (secondary N) is 1. The average Bonchev–Trinajstić information content (AvgIpc) is 2.43. The molecule has 1 N–H and O–H groups in total. The van der Waals surface area contributed by atoms with E-state index in [2.05, 4.69) is 5.32 Å². The smallest absolute Gasteiger partial charge is 0.273 e. The first kappa shape index (κ1) is 14.9. The van der Waals surface area contributed by atoms with E-state index in [0.29, 0.717) is 11.3 Å². The summed E-state index contributed by atoms with van der Waals surface area (Å²) in [5.74, 6) is -1.04. The summed E-state index contributed by atoms with van der Waals surface area (Å²) in [6, 6.07) is 9.74. The van der Waals surface area contributed by atoms with E-state index in [-0.39, 0.29) is 17.1 Å². The van der Waals surface area contributed by atoms with Gasteiger partial charge in [-0.15, -0.1) is 0 Å². The summed E-state index contributed by atoms with van der Waals surface area (Å²) in [7, 11) is 0. The molecule has 0 aromatic heterocycles. The van der Waals surface area contributed by atoms with Crippen molar-refractivity contribution in [3.63, 3.8) is 0 Å². The molecule has 0 fully saturated rings. The molecule has 0 unspecified atom stereocenters. The van der Waals surface area contributed by atoms with Gasteiger partial charge in [0.1, 0.15) is 5.82 Å². The van der Waals surface area contributed by atoms with Crippen LogP contribution < -0.4 is 5.32 Å². The maximum absolute atomic E-state index is 13.0. The first-order valence-electron chi connectivity index (χ1n) is 5.94. The van der Waals surface area contributed by atoms with Crippen LogP contribution in [-0.2, 0) is 11.2 Å². The molecule has 0 saturated carbocycles. The second-order valence-electron chi connectivity index (χ2n) is 4.24. The van der Waals surface area contributed by atoms with Crippen molar-refractivity contribution in [1.29, 1.82) is 0 Å². The molecule has 0 saturated heterocycles. The standard InChI is InChI=1S/C14H10ClFN2O3/c15-11-8-10(5-6-12(11)16)17-14(19)7-9-3-1-2-4-13(9)18(20)21/h1-6,8H,7H2,(H,17,19). The van der Waals surface area contributed by atoms with Crippen molar-refractivity contribution < 1.29 is 14.1 Å². The quantitative estimate of drug-likeness (QED) is 0.693. The van der Waals surface area contributed by atoms with Crippen LogP contribution in [0, 0.1) is 15.9 Å². The van der Waals surface area contributed by atoms with Crippen LogP contribution >= 0.6 is 11.6 Å². The van der Waals surface area contributed by atoms with E-state index < -0.39 is 16.6 Å². The van der Waals surface area contributed by atoms with E-state index >= 15 is 0 Å². The van der Waals surface area contributed by atoms with Gasteiger partial charge in [0.15, 0.2) is 0 Å². The van der Waals surface area contributed by atoms with Gasteiger partial charge in [0.25, 0.3) is 5.69 Å². The molecule has 0 heterocycles. The molecule has 0 aliphatic carbocycles. The van der Waals surface area contributed by atoms with Crippen LogP contribution in [0.1, 0.15) is 5.56 Å². The molecule has 21 heavy (non-hydrogen) atoms. The average molecular weight is 309 g/mol. The van der Waals surface area contributed by atoms with Crippen LogP contribution in [0.25, 0.3) is 0 Å². The minimum atomic E-state index is -0.589. The lowest BCUT2D eigenvalue weighted by molar-refractivity contribution is -0.385. The molecule has 1 amide bonds. The maximum atomic E-state index is 13.0. The first-order valence-corrected chi connectivity index (χ1v) is 6.32. The number of halogens is 2. The van der Waals surface area contributed by atoms with Gasteiger partial charge in [0.05, 0.1) is 16.4 Å². The number of nitrogens with zero attached hydrogens (tertiary/aromatic N) is 1. The van der Waals surface area contributed by atoms with E-state index in [0.717, 1.165) is 6.07 Å². The Kier molecular flexibility index (Phi) is 4.49. The van der Waals surface area contributed by atoms with Crippen LogP contribution in [-0.4, -0.2) is 10.8 Å². The minimum Gasteiger partial charge on any atom is -0.326 e. The summed E-state index contributed by atoms with van der Waals surface area (Å²) in [6.45, 7) is 0. The molecular weight excluding hydrogens is 299 g/mol. The third kappa shape index (κ3) is 3.76. The second-order valence-corrected chi connectivity index (χ2v) is 4.65. The Morgan fingerprint density at radius 1 is 1.29 bits per heavy atom. The fraction of sp³-hybridized carbons (Fsp3) is 0.0714. The number of carbonyl (C=O) groups is 1. The van der Waals surface area contributed by atoms with Crippen molar-refractivity contribution >= 4 is 28.9 Å². The van der Waals surface area contributed by atoms with Crippen molar-refractivity contribution in [2.75, 3.05) is 5.32 Å². The Morgan fingerprint density at radius 2 is 2.00 bits per heavy atom. The fourth-order valence-electron chi connectivity index (χ4n) is 1.79. The molecule has 2 rings (SSSR count). The van der Waals surface area contributed by atoms with Gasteiger partial charge < -0.3 is 5.32 Å². The van der Waals surface area contributed by atoms with E-state index in [1.807, 2.05) is 0 Å². The SMILES string of the molecule is O=C(Cc1ccccc1[N+](=O)[O-])Nc1ccc(F)c(Cl)c1. The lowest BCUT2D eigenvalue weighted by Gasteiger charge is -2.06. The van der Waals surface area contributed by atoms with Gasteiger partial charge in [-0.25, -0.2) is 4.39 Å². The number of para-hydroxylation sites is 1. The molecule has 7 heteroatoms. The fourth-order valence-corrected chi connectivity index (χ4v) is 1.97. The molecule has 2 aromatic carbocycles. The number of rotatable bonds is 4. The number of nitro groups is 1. The second kappa shape index (κ2) is 6.32. The van der Waals surface area contributed by atoms with E-state index in [9.17, 15) is 19.3 Å². The van der Waals surface area contributed by atoms with Gasteiger partial charge in [-0.2, -0.15) is 0 Å². The van der Waals surface area contributed by atoms with Crippen LogP contribution in [0.2, 0.25) is 5.02 Å². The van der Waals surface area contributed by atoms with Crippen LogP contribution in [0.4, 0.5) is 15.8 Å². The number of amides is 1. The Hall–Kier alpha value is -2.47. The molecular formula is C14H10ClFN2O3. The molecule has 5 nitrogen and oxygen atoms in total. The molecule has 0 aliphatic rings. The molecule has 2 aromatic rings. The zero-order valence-corrected chi connectivity index (χ0v) is 11.4. The Labute approximate surface area is 124 Å². The number of nitro benzene ring substituents is 1. The van der Waals surface area contributed by atoms with Crippen LogP contribution in [0.3, 0.4) is 0 Å². The number of hydrogen-bond donors (Lipinski definition) is 1. The van der Waals surface area contributed by atoms with Gasteiger partial charge in [-0.1, -0.05) is 29.8 Å². The van der Waals surface area contributed by atoms with Gasteiger partial charge in [-0.3, -0.25) is 14.9 Å². The summed E-state index contributed by atoms with van der Waals surface area (Å²) >= 11 is 5.61. The minimum absolute atomic E-state index is 0.113. The molecule has 108 valence electrons. The molecule has 0 atom stereocenters. The van der Waals surface area contributed by atoms with Crippen molar-refractivity contribution in [2.45, 2.75) is 6.42 Å². The highest BCUT2D eigenvalue weighted by Crippen LogP contribution is 2.21. The monoisotopic (exact) mass is 308 g/mol. The van der Waals surface area contributed by atoms with Crippen molar-refractivity contribution in [1.82, 2.24) is 0 Å². The Balaban J connectivity index is 2.12. The van der Waals surface area contributed by atoms with Crippen molar-refractivity contribution in [3.05, 3.63) is 69.0 Å². The first-order chi connectivity index (χ1) is 9.97. The normalized spacial score (nSPS) is 10.2. The zero-order chi connectivity index (χ0) is 15.4. The zero-order valence-electron chi connectivity index (χ0n) is 10.7. The summed E-state index contributed by atoms with van der Waals surface area (Å²) in [6.07, 6.45) is -0.161. The Bertz CT molecular complexity index is 706. The summed E-state index contributed by atoms with van der Waals surface area (Å²) in [4.78, 5) is 22.2. The van der Waals surface area contributed by atoms with Gasteiger partial charge in [0, 0.05) is 17.3 Å². The van der Waals surface area contributed by atoms with Gasteiger partial charge >= 0.3 is 0 Å². The molecule has 0 bridgehead atoms. The topological polar surface area (TPSA) is 72.2 Å². The number of anilines is 1. The van der Waals surface area contributed by atoms with E-state index in [1.165, 1.54) is 30.3 Å². The molecule has 0 radical (unpaired) electrons.